The van der Waals surface area contributed by atoms with E-state index in [-0.39, 0.29) is 6.04 Å². The maximum Gasteiger partial charge on any atom is 0.166 e. The van der Waals surface area contributed by atoms with E-state index in [2.05, 4.69) is 41.0 Å². The van der Waals surface area contributed by atoms with Crippen molar-refractivity contribution < 1.29 is 4.74 Å². The molecule has 0 saturated heterocycles. The maximum atomic E-state index is 5.66. The smallest absolute Gasteiger partial charge is 0.166 e. The van der Waals surface area contributed by atoms with E-state index in [9.17, 15) is 0 Å². The average Bonchev–Trinajstić information content (AvgIpc) is 2.38. The number of nitrogens with two attached hydrogens (primary N) is 1. The third-order valence-electron chi connectivity index (χ3n) is 2.72. The Hall–Kier alpha value is -1.95. The topological polar surface area (TPSA) is 86.0 Å². The highest BCUT2D eigenvalue weighted by molar-refractivity contribution is 5.87. The summed E-state index contributed by atoms with van der Waals surface area (Å²) in [5.74, 6) is 1.74. The third-order valence-corrected chi connectivity index (χ3v) is 2.72. The van der Waals surface area contributed by atoms with E-state index < -0.39 is 0 Å². The number of hydrogen-bond acceptors (Lipinski definition) is 6. The summed E-state index contributed by atoms with van der Waals surface area (Å²) in [5, 5.41) is 4.18. The number of nitrogens with zero attached hydrogens (tertiary/aromatic N) is 3. The summed E-state index contributed by atoms with van der Waals surface area (Å²) in [7, 11) is 0. The zero-order valence-corrected chi connectivity index (χ0v) is 12.1. The molecule has 6 heteroatoms. The van der Waals surface area contributed by atoms with Crippen LogP contribution in [0.15, 0.2) is 18.5 Å². The number of ether oxygens (including phenoxy) is 1. The molecule has 2 aromatic rings. The predicted octanol–water partition coefficient (Wildman–Crippen LogP) is 2.08. The van der Waals surface area contributed by atoms with Crippen LogP contribution in [0.4, 0.5) is 11.6 Å². The number of anilines is 2. The van der Waals surface area contributed by atoms with Gasteiger partial charge in [0.1, 0.15) is 18.0 Å². The molecule has 20 heavy (non-hydrogen) atoms. The number of rotatable bonds is 6. The minimum absolute atomic E-state index is 0.157. The predicted molar refractivity (Wildman–Crippen MR) is 80.5 cm³/mol. The summed E-state index contributed by atoms with van der Waals surface area (Å²) in [6, 6.07) is 3.78. The fourth-order valence-corrected chi connectivity index (χ4v) is 1.83. The molecule has 0 saturated carbocycles. The average molecular weight is 275 g/mol. The quantitative estimate of drug-likeness (QED) is 0.839. The highest BCUT2D eigenvalue weighted by atomic mass is 16.5. The van der Waals surface area contributed by atoms with E-state index >= 15 is 0 Å². The molecule has 1 unspecified atom stereocenters. The fourth-order valence-electron chi connectivity index (χ4n) is 1.83. The molecule has 0 radical (unpaired) electrons. The molecule has 2 aromatic heterocycles. The monoisotopic (exact) mass is 275 g/mol. The van der Waals surface area contributed by atoms with Crippen LogP contribution >= 0.6 is 0 Å². The lowest BCUT2D eigenvalue weighted by atomic mass is 10.2. The molecule has 0 aliphatic rings. The standard InChI is InChI=1S/C14H21N5O/c1-9(2)6-20-7-10(3)18-13-11-4-5-12(15)19-14(11)17-8-16-13/h4-5,8-10H,6-7H2,1-3H3,(H3,15,16,17,18,19). The molecule has 0 aromatic carbocycles. The van der Waals surface area contributed by atoms with Gasteiger partial charge in [-0.15, -0.1) is 0 Å². The second-order valence-electron chi connectivity index (χ2n) is 5.31. The van der Waals surface area contributed by atoms with Crippen LogP contribution < -0.4 is 11.1 Å². The number of nitrogens with one attached hydrogen (secondary N) is 1. The number of pyridine rings is 1. The van der Waals surface area contributed by atoms with Crippen molar-refractivity contribution in [1.82, 2.24) is 15.0 Å². The fraction of sp³-hybridized carbons (Fsp3) is 0.500. The maximum absolute atomic E-state index is 5.66. The molecule has 1 atom stereocenters. The van der Waals surface area contributed by atoms with Crippen LogP contribution in [-0.2, 0) is 4.74 Å². The van der Waals surface area contributed by atoms with Gasteiger partial charge in [0.2, 0.25) is 0 Å². The zero-order valence-electron chi connectivity index (χ0n) is 12.1. The van der Waals surface area contributed by atoms with Gasteiger partial charge in [0, 0.05) is 12.6 Å². The van der Waals surface area contributed by atoms with Gasteiger partial charge in [-0.25, -0.2) is 15.0 Å². The first-order valence-electron chi connectivity index (χ1n) is 6.77. The molecule has 0 aliphatic carbocycles. The van der Waals surface area contributed by atoms with Crippen LogP contribution in [0.25, 0.3) is 11.0 Å². The molecule has 0 aliphatic heterocycles. The summed E-state index contributed by atoms with van der Waals surface area (Å²) in [6.07, 6.45) is 1.48. The second-order valence-corrected chi connectivity index (χ2v) is 5.31. The van der Waals surface area contributed by atoms with Crippen LogP contribution in [0.1, 0.15) is 20.8 Å². The molecule has 3 N–H and O–H groups in total. The van der Waals surface area contributed by atoms with Gasteiger partial charge in [-0.2, -0.15) is 0 Å². The van der Waals surface area contributed by atoms with E-state index in [1.807, 2.05) is 6.07 Å². The Morgan fingerprint density at radius 3 is 2.75 bits per heavy atom. The Kier molecular flexibility index (Phi) is 4.68. The van der Waals surface area contributed by atoms with Crippen molar-refractivity contribution in [3.05, 3.63) is 18.5 Å². The van der Waals surface area contributed by atoms with Gasteiger partial charge in [-0.05, 0) is 25.0 Å². The molecule has 0 fully saturated rings. The lowest BCUT2D eigenvalue weighted by molar-refractivity contribution is 0.105. The number of aromatic nitrogens is 3. The van der Waals surface area contributed by atoms with Gasteiger partial charge in [-0.3, -0.25) is 0 Å². The summed E-state index contributed by atoms with van der Waals surface area (Å²) >= 11 is 0. The third kappa shape index (κ3) is 3.77. The normalized spacial score (nSPS) is 12.8. The largest absolute Gasteiger partial charge is 0.384 e. The summed E-state index contributed by atoms with van der Waals surface area (Å²) in [6.45, 7) is 7.71. The molecule has 0 amide bonds. The first-order chi connectivity index (χ1) is 9.56. The van der Waals surface area contributed by atoms with Crippen LogP contribution in [0, 0.1) is 5.92 Å². The van der Waals surface area contributed by atoms with Crippen molar-refractivity contribution >= 4 is 22.7 Å². The first kappa shape index (κ1) is 14.5. The molecule has 0 spiro atoms. The first-order valence-corrected chi connectivity index (χ1v) is 6.77. The SMILES string of the molecule is CC(C)COCC(C)Nc1ncnc2nc(N)ccc12. The second kappa shape index (κ2) is 6.47. The molecular weight excluding hydrogens is 254 g/mol. The van der Waals surface area contributed by atoms with E-state index in [4.69, 9.17) is 10.5 Å². The lowest BCUT2D eigenvalue weighted by Gasteiger charge is -2.16. The van der Waals surface area contributed by atoms with E-state index in [1.54, 1.807) is 6.07 Å². The van der Waals surface area contributed by atoms with Crippen LogP contribution in [0.3, 0.4) is 0 Å². The Morgan fingerprint density at radius 1 is 1.20 bits per heavy atom. The van der Waals surface area contributed by atoms with E-state index in [1.165, 1.54) is 6.33 Å². The molecule has 108 valence electrons. The lowest BCUT2D eigenvalue weighted by Crippen LogP contribution is -2.23. The Balaban J connectivity index is 2.05. The minimum Gasteiger partial charge on any atom is -0.384 e. The number of nitrogen functional groups attached to an aromatic ring is 1. The van der Waals surface area contributed by atoms with Crippen molar-refractivity contribution in [3.8, 4) is 0 Å². The highest BCUT2D eigenvalue weighted by Crippen LogP contribution is 2.19. The summed E-state index contributed by atoms with van der Waals surface area (Å²) in [5.41, 5.74) is 6.25. The molecular formula is C14H21N5O. The van der Waals surface area contributed by atoms with E-state index in [0.29, 0.717) is 24.0 Å². The number of hydrogen-bond donors (Lipinski definition) is 2. The van der Waals surface area contributed by atoms with Gasteiger partial charge in [0.25, 0.3) is 0 Å². The van der Waals surface area contributed by atoms with Crippen molar-refractivity contribution in [1.29, 1.82) is 0 Å². The van der Waals surface area contributed by atoms with Crippen molar-refractivity contribution in [2.45, 2.75) is 26.8 Å². The molecule has 2 heterocycles. The van der Waals surface area contributed by atoms with Gasteiger partial charge >= 0.3 is 0 Å². The van der Waals surface area contributed by atoms with Crippen molar-refractivity contribution in [2.24, 2.45) is 5.92 Å². The van der Waals surface area contributed by atoms with Gasteiger partial charge in [0.05, 0.1) is 12.0 Å². The molecule has 0 bridgehead atoms. The Bertz CT molecular complexity index is 572. The number of fused-ring (bicyclic) bond motifs is 1. The van der Waals surface area contributed by atoms with Crippen molar-refractivity contribution in [3.63, 3.8) is 0 Å². The highest BCUT2D eigenvalue weighted by Gasteiger charge is 2.09. The van der Waals surface area contributed by atoms with E-state index in [0.717, 1.165) is 17.8 Å². The zero-order chi connectivity index (χ0) is 14.5. The van der Waals surface area contributed by atoms with Gasteiger partial charge in [0.15, 0.2) is 5.65 Å². The molecule has 2 rings (SSSR count). The van der Waals surface area contributed by atoms with Crippen LogP contribution in [0.5, 0.6) is 0 Å². The van der Waals surface area contributed by atoms with Gasteiger partial charge in [-0.1, -0.05) is 13.8 Å². The van der Waals surface area contributed by atoms with Gasteiger partial charge < -0.3 is 15.8 Å². The van der Waals surface area contributed by atoms with Crippen LogP contribution in [-0.4, -0.2) is 34.2 Å². The summed E-state index contributed by atoms with van der Waals surface area (Å²) < 4.78 is 5.62. The minimum atomic E-state index is 0.157. The molecule has 6 nitrogen and oxygen atoms in total. The Labute approximate surface area is 118 Å². The van der Waals surface area contributed by atoms with Crippen LogP contribution in [0.2, 0.25) is 0 Å². The summed E-state index contributed by atoms with van der Waals surface area (Å²) in [4.78, 5) is 12.6. The Morgan fingerprint density at radius 2 is 2.00 bits per heavy atom. The van der Waals surface area contributed by atoms with Crippen molar-refractivity contribution in [2.75, 3.05) is 24.3 Å².